The zero-order valence-electron chi connectivity index (χ0n) is 14.8. The highest BCUT2D eigenvalue weighted by molar-refractivity contribution is 5.78. The Balaban J connectivity index is 2.39. The fraction of sp³-hybridized carbons (Fsp3) is 0.556. The van der Waals surface area contributed by atoms with Crippen LogP contribution in [0.25, 0.3) is 0 Å². The highest BCUT2D eigenvalue weighted by Gasteiger charge is 2.29. The number of aryl methyl sites for hydroxylation is 2. The standard InChI is InChI=1S/C18H27NO5/c1-13-7-8-15(10-14(13)2)24-9-5-6-16(20)19-18(3,12-23-4)11-17(21)22/h7-8,10H,5-6,9,11-12H2,1-4H3,(H,19,20)(H,21,22). The van der Waals surface area contributed by atoms with E-state index in [1.807, 2.05) is 32.0 Å². The summed E-state index contributed by atoms with van der Waals surface area (Å²) in [6.07, 6.45) is 0.629. The molecule has 6 heteroatoms. The summed E-state index contributed by atoms with van der Waals surface area (Å²) in [7, 11) is 1.48. The van der Waals surface area contributed by atoms with Crippen LogP contribution in [0, 0.1) is 13.8 Å². The molecule has 1 aromatic rings. The van der Waals surface area contributed by atoms with E-state index in [0.717, 1.165) is 11.3 Å². The molecule has 1 amide bonds. The molecule has 1 unspecified atom stereocenters. The number of hydrogen-bond acceptors (Lipinski definition) is 4. The average molecular weight is 337 g/mol. The van der Waals surface area contributed by atoms with Gasteiger partial charge in [0.1, 0.15) is 5.75 Å². The van der Waals surface area contributed by atoms with Gasteiger partial charge in [0.05, 0.1) is 25.2 Å². The highest BCUT2D eigenvalue weighted by Crippen LogP contribution is 2.17. The molecule has 0 aliphatic heterocycles. The molecule has 0 saturated heterocycles. The van der Waals surface area contributed by atoms with Crippen molar-refractivity contribution in [2.75, 3.05) is 20.3 Å². The molecule has 0 spiro atoms. The predicted molar refractivity (Wildman–Crippen MR) is 91.3 cm³/mol. The van der Waals surface area contributed by atoms with E-state index in [1.54, 1.807) is 6.92 Å². The van der Waals surface area contributed by atoms with E-state index >= 15 is 0 Å². The average Bonchev–Trinajstić information content (AvgIpc) is 2.46. The number of nitrogens with one attached hydrogen (secondary N) is 1. The van der Waals surface area contributed by atoms with E-state index in [1.165, 1.54) is 12.7 Å². The Labute approximate surface area is 143 Å². The van der Waals surface area contributed by atoms with Gasteiger partial charge in [-0.3, -0.25) is 9.59 Å². The van der Waals surface area contributed by atoms with Gasteiger partial charge in [-0.05, 0) is 50.5 Å². The second-order valence-electron chi connectivity index (χ2n) is 6.31. The number of aliphatic carboxylic acids is 1. The maximum absolute atomic E-state index is 12.0. The Bertz CT molecular complexity index is 573. The maximum Gasteiger partial charge on any atom is 0.305 e. The molecule has 0 bridgehead atoms. The van der Waals surface area contributed by atoms with E-state index in [9.17, 15) is 9.59 Å². The van der Waals surface area contributed by atoms with E-state index in [-0.39, 0.29) is 25.4 Å². The van der Waals surface area contributed by atoms with Gasteiger partial charge in [0.2, 0.25) is 5.91 Å². The van der Waals surface area contributed by atoms with Gasteiger partial charge in [-0.15, -0.1) is 0 Å². The molecule has 2 N–H and O–H groups in total. The number of carboxylic acid groups (broad SMARTS) is 1. The van der Waals surface area contributed by atoms with Crippen LogP contribution in [0.4, 0.5) is 0 Å². The fourth-order valence-corrected chi connectivity index (χ4v) is 2.41. The van der Waals surface area contributed by atoms with Crippen molar-refractivity contribution in [3.8, 4) is 5.75 Å². The third kappa shape index (κ3) is 7.00. The lowest BCUT2D eigenvalue weighted by Crippen LogP contribution is -2.50. The van der Waals surface area contributed by atoms with Crippen LogP contribution in [0.2, 0.25) is 0 Å². The molecular weight excluding hydrogens is 310 g/mol. The second-order valence-corrected chi connectivity index (χ2v) is 6.31. The summed E-state index contributed by atoms with van der Waals surface area (Å²) >= 11 is 0. The first-order valence-electron chi connectivity index (χ1n) is 7.97. The van der Waals surface area contributed by atoms with Crippen LogP contribution in [0.1, 0.15) is 37.3 Å². The molecule has 0 radical (unpaired) electrons. The zero-order chi connectivity index (χ0) is 18.2. The summed E-state index contributed by atoms with van der Waals surface area (Å²) in [4.78, 5) is 22.9. The van der Waals surface area contributed by atoms with Gasteiger partial charge in [-0.25, -0.2) is 0 Å². The molecule has 0 aliphatic rings. The Morgan fingerprint density at radius 1 is 1.25 bits per heavy atom. The van der Waals surface area contributed by atoms with Crippen LogP contribution in [-0.4, -0.2) is 42.8 Å². The molecule has 0 fully saturated rings. The Hall–Kier alpha value is -2.08. The first-order valence-corrected chi connectivity index (χ1v) is 7.97. The molecule has 0 heterocycles. The highest BCUT2D eigenvalue weighted by atomic mass is 16.5. The van der Waals surface area contributed by atoms with Crippen LogP contribution in [0.5, 0.6) is 5.75 Å². The molecule has 1 aromatic carbocycles. The smallest absolute Gasteiger partial charge is 0.305 e. The van der Waals surface area contributed by atoms with Crippen molar-refractivity contribution in [2.45, 2.75) is 45.6 Å². The normalized spacial score (nSPS) is 13.2. The van der Waals surface area contributed by atoms with Crippen LogP contribution in [0.15, 0.2) is 18.2 Å². The minimum Gasteiger partial charge on any atom is -0.494 e. The van der Waals surface area contributed by atoms with Gasteiger partial charge in [0, 0.05) is 13.5 Å². The number of amides is 1. The molecule has 0 saturated carbocycles. The number of rotatable bonds is 10. The third-order valence-electron chi connectivity index (χ3n) is 3.74. The van der Waals surface area contributed by atoms with Crippen molar-refractivity contribution >= 4 is 11.9 Å². The second kappa shape index (κ2) is 9.27. The van der Waals surface area contributed by atoms with Crippen molar-refractivity contribution in [3.63, 3.8) is 0 Å². The molecule has 0 aliphatic carbocycles. The van der Waals surface area contributed by atoms with Crippen LogP contribution in [-0.2, 0) is 14.3 Å². The number of methoxy groups -OCH3 is 1. The number of carboxylic acids is 1. The van der Waals surface area contributed by atoms with Gasteiger partial charge in [-0.1, -0.05) is 6.07 Å². The van der Waals surface area contributed by atoms with Crippen molar-refractivity contribution in [1.82, 2.24) is 5.32 Å². The lowest BCUT2D eigenvalue weighted by molar-refractivity contribution is -0.139. The molecule has 6 nitrogen and oxygen atoms in total. The summed E-state index contributed by atoms with van der Waals surface area (Å²) in [6, 6.07) is 5.88. The summed E-state index contributed by atoms with van der Waals surface area (Å²) in [5, 5.41) is 11.7. The Morgan fingerprint density at radius 3 is 2.54 bits per heavy atom. The summed E-state index contributed by atoms with van der Waals surface area (Å²) in [5.74, 6) is -0.402. The van der Waals surface area contributed by atoms with Crippen molar-refractivity contribution in [2.24, 2.45) is 0 Å². The third-order valence-corrected chi connectivity index (χ3v) is 3.74. The molecule has 1 atom stereocenters. The summed E-state index contributed by atoms with van der Waals surface area (Å²) in [6.45, 7) is 6.29. The quantitative estimate of drug-likeness (QED) is 0.641. The molecule has 1 rings (SSSR count). The minimum absolute atomic E-state index is 0.143. The number of carbonyl (C=O) groups excluding carboxylic acids is 1. The number of benzene rings is 1. The van der Waals surface area contributed by atoms with Gasteiger partial charge >= 0.3 is 5.97 Å². The Morgan fingerprint density at radius 2 is 1.96 bits per heavy atom. The van der Waals surface area contributed by atoms with Crippen LogP contribution in [0.3, 0.4) is 0 Å². The molecule has 134 valence electrons. The number of hydrogen-bond donors (Lipinski definition) is 2. The lowest BCUT2D eigenvalue weighted by atomic mass is 9.98. The van der Waals surface area contributed by atoms with Gasteiger partial charge in [0.25, 0.3) is 0 Å². The molecule has 24 heavy (non-hydrogen) atoms. The predicted octanol–water partition coefficient (Wildman–Crippen LogP) is 2.46. The van der Waals surface area contributed by atoms with Crippen molar-refractivity contribution < 1.29 is 24.2 Å². The topological polar surface area (TPSA) is 84.9 Å². The van der Waals surface area contributed by atoms with Crippen LogP contribution >= 0.6 is 0 Å². The summed E-state index contributed by atoms with van der Waals surface area (Å²) in [5.41, 5.74) is 1.46. The van der Waals surface area contributed by atoms with E-state index in [4.69, 9.17) is 14.6 Å². The van der Waals surface area contributed by atoms with E-state index in [0.29, 0.717) is 13.0 Å². The van der Waals surface area contributed by atoms with Crippen molar-refractivity contribution in [1.29, 1.82) is 0 Å². The lowest BCUT2D eigenvalue weighted by Gasteiger charge is -2.28. The number of carbonyl (C=O) groups is 2. The van der Waals surface area contributed by atoms with Gasteiger partial charge in [0.15, 0.2) is 0 Å². The first kappa shape index (κ1) is 20.0. The monoisotopic (exact) mass is 337 g/mol. The zero-order valence-corrected chi connectivity index (χ0v) is 14.8. The minimum atomic E-state index is -0.979. The molecular formula is C18H27NO5. The fourth-order valence-electron chi connectivity index (χ4n) is 2.41. The van der Waals surface area contributed by atoms with E-state index < -0.39 is 11.5 Å². The number of ether oxygens (including phenoxy) is 2. The molecule has 0 aromatic heterocycles. The first-order chi connectivity index (χ1) is 11.3. The maximum atomic E-state index is 12.0. The summed E-state index contributed by atoms with van der Waals surface area (Å²) < 4.78 is 10.6. The van der Waals surface area contributed by atoms with Crippen molar-refractivity contribution in [3.05, 3.63) is 29.3 Å². The van der Waals surface area contributed by atoms with Gasteiger partial charge < -0.3 is 19.9 Å². The van der Waals surface area contributed by atoms with E-state index in [2.05, 4.69) is 5.32 Å². The Kier molecular flexibility index (Phi) is 7.71. The largest absolute Gasteiger partial charge is 0.494 e. The van der Waals surface area contributed by atoms with Gasteiger partial charge in [-0.2, -0.15) is 0 Å². The SMILES string of the molecule is COCC(C)(CC(=O)O)NC(=O)CCCOc1ccc(C)c(C)c1. The van der Waals surface area contributed by atoms with Crippen LogP contribution < -0.4 is 10.1 Å².